The highest BCUT2D eigenvalue weighted by Crippen LogP contribution is 2.33. The van der Waals surface area contributed by atoms with Crippen molar-refractivity contribution in [2.24, 2.45) is 0 Å². The summed E-state index contributed by atoms with van der Waals surface area (Å²) < 4.78 is 5.66. The van der Waals surface area contributed by atoms with E-state index in [4.69, 9.17) is 10.00 Å². The number of piperidine rings is 1. The van der Waals surface area contributed by atoms with E-state index >= 15 is 0 Å². The van der Waals surface area contributed by atoms with Crippen LogP contribution in [0.5, 0.6) is 5.75 Å². The Morgan fingerprint density at radius 3 is 2.67 bits per heavy atom. The summed E-state index contributed by atoms with van der Waals surface area (Å²) >= 11 is 0. The highest BCUT2D eigenvalue weighted by atomic mass is 16.5. The molecule has 0 unspecified atom stereocenters. The lowest BCUT2D eigenvalue weighted by molar-refractivity contribution is -0.623. The molecule has 0 aliphatic carbocycles. The molecular weight excluding hydrogens is 382 g/mol. The molecular formula is C22H22N5O3+. The molecule has 1 N–H and O–H groups in total. The Labute approximate surface area is 174 Å². The number of carbonyl (C=O) groups excluding carboxylic acids is 1. The van der Waals surface area contributed by atoms with E-state index in [2.05, 4.69) is 28.4 Å². The number of fused-ring (bicyclic) bond motifs is 1. The van der Waals surface area contributed by atoms with Gasteiger partial charge in [0.2, 0.25) is 0 Å². The molecule has 2 amide bonds. The van der Waals surface area contributed by atoms with Crippen LogP contribution in [-0.4, -0.2) is 41.2 Å². The molecule has 1 spiro atoms. The Morgan fingerprint density at radius 2 is 1.93 bits per heavy atom. The Hall–Kier alpha value is -3.44. The number of nitrogens with zero attached hydrogens (tertiary/aromatic N) is 4. The van der Waals surface area contributed by atoms with Gasteiger partial charge in [0, 0.05) is 26.1 Å². The molecule has 3 aliphatic rings. The molecule has 2 aromatic rings. The van der Waals surface area contributed by atoms with Crippen molar-refractivity contribution in [2.45, 2.75) is 31.5 Å². The van der Waals surface area contributed by atoms with Gasteiger partial charge in [0.05, 0.1) is 36.0 Å². The molecule has 0 bridgehead atoms. The van der Waals surface area contributed by atoms with Crippen molar-refractivity contribution < 1.29 is 14.4 Å². The largest absolute Gasteiger partial charge is 0.493 e. The zero-order chi connectivity index (χ0) is 20.7. The van der Waals surface area contributed by atoms with Gasteiger partial charge < -0.3 is 4.74 Å². The van der Waals surface area contributed by atoms with Crippen molar-refractivity contribution in [3.63, 3.8) is 0 Å². The second-order valence-corrected chi connectivity index (χ2v) is 8.02. The first-order valence-corrected chi connectivity index (χ1v) is 10.1. The number of benzene rings is 2. The van der Waals surface area contributed by atoms with Gasteiger partial charge in [-0.2, -0.15) is 5.26 Å². The van der Waals surface area contributed by atoms with Crippen LogP contribution in [0.1, 0.15) is 29.5 Å². The molecule has 0 atom stereocenters. The lowest BCUT2D eigenvalue weighted by Gasteiger charge is -2.32. The van der Waals surface area contributed by atoms with Crippen LogP contribution >= 0.6 is 0 Å². The summed E-state index contributed by atoms with van der Waals surface area (Å²) in [6.07, 6.45) is 2.05. The average molecular weight is 404 g/mol. The van der Waals surface area contributed by atoms with Gasteiger partial charge in [0.1, 0.15) is 11.4 Å². The van der Waals surface area contributed by atoms with Crippen molar-refractivity contribution in [2.75, 3.05) is 24.7 Å². The van der Waals surface area contributed by atoms with Crippen LogP contribution in [0.3, 0.4) is 0 Å². The summed E-state index contributed by atoms with van der Waals surface area (Å²) in [6, 6.07) is 14.4. The smallest absolute Gasteiger partial charge is 0.385 e. The van der Waals surface area contributed by atoms with Crippen LogP contribution in [-0.2, 0) is 13.0 Å². The predicted molar refractivity (Wildman–Crippen MR) is 109 cm³/mol. The zero-order valence-electron chi connectivity index (χ0n) is 16.5. The van der Waals surface area contributed by atoms with Crippen LogP contribution in [0.2, 0.25) is 0 Å². The van der Waals surface area contributed by atoms with Gasteiger partial charge in [-0.25, -0.2) is 4.79 Å². The summed E-state index contributed by atoms with van der Waals surface area (Å²) in [7, 11) is 0. The van der Waals surface area contributed by atoms with Crippen LogP contribution < -0.4 is 15.1 Å². The number of nitrogens with one attached hydrogen (secondary N) is 1. The van der Waals surface area contributed by atoms with E-state index in [-0.39, 0.29) is 0 Å². The Morgan fingerprint density at radius 1 is 1.17 bits per heavy atom. The number of amides is 2. The average Bonchev–Trinajstić information content (AvgIpc) is 3.32. The number of urea groups is 1. The van der Waals surface area contributed by atoms with Crippen molar-refractivity contribution in [1.29, 1.82) is 5.26 Å². The van der Waals surface area contributed by atoms with Gasteiger partial charge in [-0.3, -0.25) is 10.2 Å². The van der Waals surface area contributed by atoms with E-state index in [1.54, 1.807) is 24.3 Å². The first-order chi connectivity index (χ1) is 14.6. The van der Waals surface area contributed by atoms with E-state index < -0.39 is 11.7 Å². The number of hydrogen-bond donors (Lipinski definition) is 1. The Balaban J connectivity index is 1.26. The standard InChI is InChI=1S/C22H21N5O3/c23-14-16-2-5-19(6-3-16)26-21(28)24-22(27(26)29)8-10-25(11-9-22)15-17-1-4-18-7-12-30-20(18)13-17/h1-6,13H,7-12,15H2/p+1. The number of nitroso groups, excluding NO2 is 1. The molecule has 3 heterocycles. The van der Waals surface area contributed by atoms with Gasteiger partial charge >= 0.3 is 11.7 Å². The number of rotatable bonds is 3. The summed E-state index contributed by atoms with van der Waals surface area (Å²) in [5, 5.41) is 13.0. The number of anilines is 1. The van der Waals surface area contributed by atoms with Gasteiger partial charge in [0.25, 0.3) is 0 Å². The fourth-order valence-corrected chi connectivity index (χ4v) is 4.44. The topological polar surface area (TPSA) is 88.7 Å². The third-order valence-corrected chi connectivity index (χ3v) is 6.17. The molecule has 8 nitrogen and oxygen atoms in total. The molecule has 3 aliphatic heterocycles. The number of nitriles is 1. The number of hydrogen-bond acceptors (Lipinski definition) is 5. The molecule has 2 aromatic carbocycles. The molecule has 152 valence electrons. The van der Waals surface area contributed by atoms with Crippen molar-refractivity contribution in [3.05, 3.63) is 64.1 Å². The van der Waals surface area contributed by atoms with E-state index in [1.165, 1.54) is 11.1 Å². The quantitative estimate of drug-likeness (QED) is 0.795. The van der Waals surface area contributed by atoms with Gasteiger partial charge in [-0.05, 0) is 46.5 Å². The van der Waals surface area contributed by atoms with E-state index in [1.807, 2.05) is 6.07 Å². The second-order valence-electron chi connectivity index (χ2n) is 8.02. The number of ether oxygens (including phenoxy) is 1. The minimum absolute atomic E-state index is 0.432. The van der Waals surface area contributed by atoms with Crippen molar-refractivity contribution >= 4 is 11.7 Å². The monoisotopic (exact) mass is 404 g/mol. The van der Waals surface area contributed by atoms with E-state index in [0.29, 0.717) is 37.2 Å². The first-order valence-electron chi connectivity index (χ1n) is 10.1. The molecule has 0 aromatic heterocycles. The highest BCUT2D eigenvalue weighted by molar-refractivity contribution is 5.91. The van der Waals surface area contributed by atoms with Crippen LogP contribution in [0, 0.1) is 16.2 Å². The van der Waals surface area contributed by atoms with Gasteiger partial charge in [0.15, 0.2) is 4.87 Å². The molecule has 0 radical (unpaired) electrons. The van der Waals surface area contributed by atoms with Crippen LogP contribution in [0.15, 0.2) is 42.5 Å². The minimum Gasteiger partial charge on any atom is -0.493 e. The van der Waals surface area contributed by atoms with Crippen LogP contribution in [0.25, 0.3) is 0 Å². The molecule has 0 saturated carbocycles. The minimum atomic E-state index is -0.928. The maximum Gasteiger partial charge on any atom is 0.385 e. The first kappa shape index (κ1) is 18.6. The lowest BCUT2D eigenvalue weighted by atomic mass is 9.97. The molecule has 8 heteroatoms. The molecule has 30 heavy (non-hydrogen) atoms. The third kappa shape index (κ3) is 3.08. The van der Waals surface area contributed by atoms with E-state index in [9.17, 15) is 9.70 Å². The number of likely N-dealkylation sites (tertiary alicyclic amines) is 1. The summed E-state index contributed by atoms with van der Waals surface area (Å²) in [4.78, 5) is 28.7. The third-order valence-electron chi connectivity index (χ3n) is 6.17. The maximum atomic E-state index is 13.1. The zero-order valence-corrected chi connectivity index (χ0v) is 16.5. The predicted octanol–water partition coefficient (Wildman–Crippen LogP) is 2.71. The Kier molecular flexibility index (Phi) is 4.40. The van der Waals surface area contributed by atoms with Crippen LogP contribution in [0.4, 0.5) is 10.5 Å². The summed E-state index contributed by atoms with van der Waals surface area (Å²) in [5.41, 5.74) is 2.47. The lowest BCUT2D eigenvalue weighted by Crippen LogP contribution is -2.55. The molecule has 5 rings (SSSR count). The van der Waals surface area contributed by atoms with Gasteiger partial charge in [-0.15, -0.1) is 0 Å². The SMILES string of the molecule is N#Cc1ccc(N2C(=O)NC3(CCN(Cc4ccc5c(c4)OCC5)CC3)[N+]2=O)cc1. The second kappa shape index (κ2) is 7.11. The maximum absolute atomic E-state index is 13.1. The van der Waals surface area contributed by atoms with E-state index in [0.717, 1.165) is 35.2 Å². The number of carbonyl (C=O) groups is 1. The van der Waals surface area contributed by atoms with Crippen molar-refractivity contribution in [1.82, 2.24) is 10.2 Å². The fourth-order valence-electron chi connectivity index (χ4n) is 4.44. The summed E-state index contributed by atoms with van der Waals surface area (Å²) in [5.74, 6) is 0.979. The Bertz CT molecular complexity index is 1050. The van der Waals surface area contributed by atoms with Gasteiger partial charge in [-0.1, -0.05) is 12.1 Å². The highest BCUT2D eigenvalue weighted by Gasteiger charge is 2.61. The van der Waals surface area contributed by atoms with Crippen molar-refractivity contribution in [3.8, 4) is 11.8 Å². The number of hydrazine groups is 1. The molecule has 2 fully saturated rings. The summed E-state index contributed by atoms with van der Waals surface area (Å²) in [6.45, 7) is 2.95. The normalized spacial score (nSPS) is 20.0. The molecule has 2 saturated heterocycles. The fraction of sp³-hybridized carbons (Fsp3) is 0.364.